The number of amidine groups is 1. The maximum atomic E-state index is 15.9. The van der Waals surface area contributed by atoms with E-state index in [1.165, 1.54) is 24.2 Å². The molecule has 1 aliphatic rings. The standard InChI is InChI=1S/C25H27F3N8O2/c1-14(37)36-8-7-35(24(38)25(36,2)3)17-6-4-5-15(9-17)21-20(28)19(22(33-21)23(30)31-13-29)16-10-32-34(11-16)12-18(26)27/h4-6,9-11,13,18,33H,7-8,12H2,1-3H3,(H3,29,30,31). The second-order valence-electron chi connectivity index (χ2n) is 9.29. The Labute approximate surface area is 216 Å². The van der Waals surface area contributed by atoms with Gasteiger partial charge in [-0.1, -0.05) is 12.1 Å². The number of hydrogen-bond donors (Lipinski definition) is 3. The van der Waals surface area contributed by atoms with Crippen molar-refractivity contribution in [2.24, 2.45) is 10.7 Å². The summed E-state index contributed by atoms with van der Waals surface area (Å²) in [6, 6.07) is 6.64. The van der Waals surface area contributed by atoms with E-state index < -0.39 is 24.3 Å². The molecule has 4 rings (SSSR count). The molecule has 1 aliphatic heterocycles. The zero-order valence-corrected chi connectivity index (χ0v) is 21.0. The van der Waals surface area contributed by atoms with E-state index in [0.717, 1.165) is 4.68 Å². The lowest BCUT2D eigenvalue weighted by atomic mass is 9.96. The number of aromatic nitrogens is 3. The van der Waals surface area contributed by atoms with E-state index in [2.05, 4.69) is 15.1 Å². The van der Waals surface area contributed by atoms with Crippen LogP contribution in [0, 0.1) is 11.2 Å². The largest absolute Gasteiger partial charge is 0.382 e. The normalized spacial score (nSPS) is 15.9. The first-order valence-electron chi connectivity index (χ1n) is 11.7. The molecular formula is C25H27F3N8O2. The van der Waals surface area contributed by atoms with Gasteiger partial charge in [0.15, 0.2) is 5.82 Å². The van der Waals surface area contributed by atoms with Gasteiger partial charge in [0, 0.05) is 43.0 Å². The SMILES string of the molecule is CC(=O)N1CCN(c2cccc(-c3[nH]c(/C(N)=N\C=N)c(-c4cnn(CC(F)F)c4)c3F)c2)C(=O)C1(C)C. The maximum Gasteiger partial charge on any atom is 0.257 e. The third-order valence-electron chi connectivity index (χ3n) is 6.46. The van der Waals surface area contributed by atoms with Gasteiger partial charge in [0.1, 0.15) is 24.3 Å². The molecule has 0 atom stereocenters. The number of H-pyrrole nitrogens is 1. The Bertz CT molecular complexity index is 1430. The number of nitrogens with zero attached hydrogens (tertiary/aromatic N) is 5. The van der Waals surface area contributed by atoms with Crippen LogP contribution in [0.3, 0.4) is 0 Å². The summed E-state index contributed by atoms with van der Waals surface area (Å²) in [4.78, 5) is 35.0. The number of rotatable bonds is 7. The molecule has 2 aromatic heterocycles. The molecule has 1 fully saturated rings. The number of amides is 2. The van der Waals surface area contributed by atoms with Crippen LogP contribution in [0.5, 0.6) is 0 Å². The Hall–Kier alpha value is -4.42. The van der Waals surface area contributed by atoms with Gasteiger partial charge in [-0.05, 0) is 26.0 Å². The Balaban J connectivity index is 1.77. The minimum atomic E-state index is -2.65. The number of aromatic amines is 1. The Kier molecular flexibility index (Phi) is 7.11. The molecule has 0 saturated carbocycles. The van der Waals surface area contributed by atoms with Gasteiger partial charge in [0.2, 0.25) is 5.91 Å². The fraction of sp³-hybridized carbons (Fsp3) is 0.320. The van der Waals surface area contributed by atoms with Crippen LogP contribution in [0.1, 0.15) is 26.5 Å². The molecule has 0 unspecified atom stereocenters. The van der Waals surface area contributed by atoms with Crippen molar-refractivity contribution in [3.63, 3.8) is 0 Å². The summed E-state index contributed by atoms with van der Waals surface area (Å²) >= 11 is 0. The molecule has 0 spiro atoms. The fourth-order valence-corrected chi connectivity index (χ4v) is 4.66. The average molecular weight is 529 g/mol. The summed E-state index contributed by atoms with van der Waals surface area (Å²) < 4.78 is 42.6. The van der Waals surface area contributed by atoms with Crippen LogP contribution < -0.4 is 10.6 Å². The number of anilines is 1. The molecule has 10 nitrogen and oxygen atoms in total. The number of piperazine rings is 1. The molecular weight excluding hydrogens is 501 g/mol. The van der Waals surface area contributed by atoms with E-state index in [4.69, 9.17) is 11.1 Å². The van der Waals surface area contributed by atoms with E-state index in [-0.39, 0.29) is 46.7 Å². The molecule has 200 valence electrons. The minimum absolute atomic E-state index is 0.0238. The van der Waals surface area contributed by atoms with Crippen LogP contribution in [0.25, 0.3) is 22.4 Å². The van der Waals surface area contributed by atoms with Crippen molar-refractivity contribution in [3.05, 3.63) is 48.2 Å². The number of alkyl halides is 2. The summed E-state index contributed by atoms with van der Waals surface area (Å²) in [5.74, 6) is -1.40. The van der Waals surface area contributed by atoms with E-state index in [1.807, 2.05) is 0 Å². The molecule has 3 heterocycles. The number of carbonyl (C=O) groups excluding carboxylic acids is 2. The number of nitrogens with one attached hydrogen (secondary N) is 2. The lowest BCUT2D eigenvalue weighted by Crippen LogP contribution is -2.64. The fourth-order valence-electron chi connectivity index (χ4n) is 4.66. The molecule has 1 aromatic carbocycles. The monoisotopic (exact) mass is 528 g/mol. The van der Waals surface area contributed by atoms with Crippen molar-refractivity contribution >= 4 is 29.7 Å². The minimum Gasteiger partial charge on any atom is -0.382 e. The van der Waals surface area contributed by atoms with Crippen LogP contribution in [0.4, 0.5) is 18.9 Å². The van der Waals surface area contributed by atoms with Gasteiger partial charge in [0.25, 0.3) is 12.3 Å². The molecule has 2 amide bonds. The molecule has 1 saturated heterocycles. The van der Waals surface area contributed by atoms with Gasteiger partial charge in [-0.2, -0.15) is 5.10 Å². The van der Waals surface area contributed by atoms with Crippen LogP contribution in [-0.4, -0.2) is 68.7 Å². The number of hydrogen-bond acceptors (Lipinski definition) is 4. The van der Waals surface area contributed by atoms with E-state index in [0.29, 0.717) is 24.1 Å². The number of carbonyl (C=O) groups is 2. The Morgan fingerprint density at radius 2 is 2.05 bits per heavy atom. The van der Waals surface area contributed by atoms with Crippen molar-refractivity contribution in [2.75, 3.05) is 18.0 Å². The van der Waals surface area contributed by atoms with Gasteiger partial charge in [0.05, 0.1) is 23.1 Å². The second kappa shape index (κ2) is 10.1. The first kappa shape index (κ1) is 26.6. The van der Waals surface area contributed by atoms with Crippen LogP contribution in [0.2, 0.25) is 0 Å². The Morgan fingerprint density at radius 3 is 2.71 bits per heavy atom. The summed E-state index contributed by atoms with van der Waals surface area (Å²) in [5.41, 5.74) is 6.05. The van der Waals surface area contributed by atoms with Gasteiger partial charge in [-0.25, -0.2) is 18.2 Å². The van der Waals surface area contributed by atoms with Crippen LogP contribution in [0.15, 0.2) is 41.7 Å². The molecule has 0 radical (unpaired) electrons. The molecule has 38 heavy (non-hydrogen) atoms. The van der Waals surface area contributed by atoms with Crippen molar-refractivity contribution in [2.45, 2.75) is 39.3 Å². The van der Waals surface area contributed by atoms with Crippen molar-refractivity contribution in [1.82, 2.24) is 19.7 Å². The quantitative estimate of drug-likeness (QED) is 0.320. The zero-order valence-electron chi connectivity index (χ0n) is 21.0. The smallest absolute Gasteiger partial charge is 0.257 e. The van der Waals surface area contributed by atoms with Gasteiger partial charge in [-0.3, -0.25) is 19.7 Å². The summed E-state index contributed by atoms with van der Waals surface area (Å²) in [5, 5.41) is 11.1. The lowest BCUT2D eigenvalue weighted by Gasteiger charge is -2.45. The number of benzene rings is 1. The van der Waals surface area contributed by atoms with Gasteiger partial charge >= 0.3 is 0 Å². The van der Waals surface area contributed by atoms with E-state index >= 15 is 4.39 Å². The average Bonchev–Trinajstić information content (AvgIpc) is 3.44. The van der Waals surface area contributed by atoms with Crippen LogP contribution in [-0.2, 0) is 16.1 Å². The number of nitrogens with two attached hydrogens (primary N) is 1. The highest BCUT2D eigenvalue weighted by atomic mass is 19.3. The van der Waals surface area contributed by atoms with E-state index in [9.17, 15) is 18.4 Å². The van der Waals surface area contributed by atoms with Gasteiger partial charge < -0.3 is 20.5 Å². The Morgan fingerprint density at radius 1 is 1.32 bits per heavy atom. The second-order valence-corrected chi connectivity index (χ2v) is 9.29. The summed E-state index contributed by atoms with van der Waals surface area (Å²) in [6.07, 6.45) is 0.568. The molecule has 0 bridgehead atoms. The molecule has 3 aromatic rings. The van der Waals surface area contributed by atoms with Crippen molar-refractivity contribution in [3.8, 4) is 22.4 Å². The van der Waals surface area contributed by atoms with Crippen molar-refractivity contribution in [1.29, 1.82) is 5.41 Å². The number of halogens is 3. The third kappa shape index (κ3) is 4.78. The zero-order chi connectivity index (χ0) is 27.8. The lowest BCUT2D eigenvalue weighted by molar-refractivity contribution is -0.145. The van der Waals surface area contributed by atoms with Crippen molar-refractivity contribution < 1.29 is 22.8 Å². The first-order valence-corrected chi connectivity index (χ1v) is 11.7. The maximum absolute atomic E-state index is 15.9. The predicted molar refractivity (Wildman–Crippen MR) is 137 cm³/mol. The molecule has 4 N–H and O–H groups in total. The third-order valence-corrected chi connectivity index (χ3v) is 6.46. The molecule has 0 aliphatic carbocycles. The van der Waals surface area contributed by atoms with E-state index in [1.54, 1.807) is 43.0 Å². The molecule has 13 heteroatoms. The first-order chi connectivity index (χ1) is 17.9. The summed E-state index contributed by atoms with van der Waals surface area (Å²) in [6.45, 7) is 4.70. The summed E-state index contributed by atoms with van der Waals surface area (Å²) in [7, 11) is 0. The van der Waals surface area contributed by atoms with Crippen LogP contribution >= 0.6 is 0 Å². The van der Waals surface area contributed by atoms with Gasteiger partial charge in [-0.15, -0.1) is 0 Å². The highest BCUT2D eigenvalue weighted by Crippen LogP contribution is 2.36. The predicted octanol–water partition coefficient (Wildman–Crippen LogP) is 3.24. The highest BCUT2D eigenvalue weighted by molar-refractivity contribution is 6.06. The topological polar surface area (TPSA) is 136 Å². The highest BCUT2D eigenvalue weighted by Gasteiger charge is 2.43. The number of aliphatic imine (C=N–C) groups is 1.